The first-order valence-electron chi connectivity index (χ1n) is 6.65. The molecule has 110 valence electrons. The van der Waals surface area contributed by atoms with Crippen LogP contribution in [-0.4, -0.2) is 40.5 Å². The number of carbonyl (C=O) groups is 2. The van der Waals surface area contributed by atoms with Gasteiger partial charge >= 0.3 is 5.97 Å². The van der Waals surface area contributed by atoms with Crippen LogP contribution in [0.2, 0.25) is 0 Å². The van der Waals surface area contributed by atoms with Crippen molar-refractivity contribution < 1.29 is 14.3 Å². The molecule has 0 spiro atoms. The highest BCUT2D eigenvalue weighted by molar-refractivity contribution is 5.96. The highest BCUT2D eigenvalue weighted by Crippen LogP contribution is 2.17. The van der Waals surface area contributed by atoms with Crippen molar-refractivity contribution in [3.05, 3.63) is 29.6 Å². The Morgan fingerprint density at radius 1 is 1.30 bits per heavy atom. The van der Waals surface area contributed by atoms with Crippen LogP contribution >= 0.6 is 0 Å². The van der Waals surface area contributed by atoms with Gasteiger partial charge in [-0.2, -0.15) is 0 Å². The van der Waals surface area contributed by atoms with Crippen LogP contribution in [0, 0.1) is 6.92 Å². The van der Waals surface area contributed by atoms with E-state index in [-0.39, 0.29) is 12.5 Å². The van der Waals surface area contributed by atoms with E-state index in [1.807, 2.05) is 27.7 Å². The first-order chi connectivity index (χ1) is 9.25. The normalized spacial score (nSPS) is 11.1. The molecule has 0 N–H and O–H groups in total. The summed E-state index contributed by atoms with van der Waals surface area (Å²) in [6.07, 6.45) is 3.20. The van der Waals surface area contributed by atoms with E-state index in [1.165, 1.54) is 11.1 Å². The predicted octanol–water partition coefficient (Wildman–Crippen LogP) is 2.19. The topological polar surface area (TPSA) is 59.5 Å². The van der Waals surface area contributed by atoms with E-state index in [0.717, 1.165) is 5.56 Å². The number of hydrogen-bond donors (Lipinski definition) is 0. The molecular formula is C15H22N2O3. The standard InChI is InChI=1S/C15H22N2O3/c1-6-20-13(18)10-17(15(3,4)5)14(19)12-7-11(2)8-16-9-12/h7-9H,6,10H2,1-5H3. The van der Waals surface area contributed by atoms with Crippen molar-refractivity contribution in [1.82, 2.24) is 9.88 Å². The maximum absolute atomic E-state index is 12.6. The molecule has 1 rings (SSSR count). The molecule has 20 heavy (non-hydrogen) atoms. The molecule has 1 amide bonds. The fraction of sp³-hybridized carbons (Fsp3) is 0.533. The molecule has 0 atom stereocenters. The average molecular weight is 278 g/mol. The van der Waals surface area contributed by atoms with Crippen LogP contribution in [0.4, 0.5) is 0 Å². The number of aromatic nitrogens is 1. The Labute approximate surface area is 119 Å². The number of ether oxygens (including phenoxy) is 1. The van der Waals surface area contributed by atoms with Gasteiger partial charge in [-0.25, -0.2) is 0 Å². The summed E-state index contributed by atoms with van der Waals surface area (Å²) in [5.41, 5.74) is 0.901. The van der Waals surface area contributed by atoms with Crippen molar-refractivity contribution in [3.63, 3.8) is 0 Å². The molecule has 0 aliphatic carbocycles. The summed E-state index contributed by atoms with van der Waals surface area (Å²) in [5, 5.41) is 0. The van der Waals surface area contributed by atoms with Gasteiger partial charge in [-0.3, -0.25) is 14.6 Å². The van der Waals surface area contributed by atoms with E-state index in [1.54, 1.807) is 19.2 Å². The number of esters is 1. The van der Waals surface area contributed by atoms with E-state index >= 15 is 0 Å². The molecule has 1 aromatic rings. The van der Waals surface area contributed by atoms with Crippen molar-refractivity contribution in [2.75, 3.05) is 13.2 Å². The van der Waals surface area contributed by atoms with Crippen LogP contribution in [0.5, 0.6) is 0 Å². The monoisotopic (exact) mass is 278 g/mol. The minimum absolute atomic E-state index is 0.0654. The third-order valence-corrected chi connectivity index (χ3v) is 2.77. The Hall–Kier alpha value is -1.91. The maximum Gasteiger partial charge on any atom is 0.325 e. The van der Waals surface area contributed by atoms with E-state index < -0.39 is 11.5 Å². The molecule has 0 aromatic carbocycles. The van der Waals surface area contributed by atoms with Crippen molar-refractivity contribution in [3.8, 4) is 0 Å². The molecule has 0 aliphatic heterocycles. The number of pyridine rings is 1. The Bertz CT molecular complexity index is 492. The minimum Gasteiger partial charge on any atom is -0.465 e. The molecule has 1 aromatic heterocycles. The maximum atomic E-state index is 12.6. The van der Waals surface area contributed by atoms with E-state index in [4.69, 9.17) is 4.74 Å². The van der Waals surface area contributed by atoms with E-state index in [0.29, 0.717) is 12.2 Å². The summed E-state index contributed by atoms with van der Waals surface area (Å²) in [5.74, 6) is -0.627. The molecule has 0 bridgehead atoms. The van der Waals surface area contributed by atoms with Crippen LogP contribution in [0.25, 0.3) is 0 Å². The lowest BCUT2D eigenvalue weighted by Crippen LogP contribution is -2.48. The van der Waals surface area contributed by atoms with Crippen molar-refractivity contribution in [2.45, 2.75) is 40.2 Å². The molecule has 5 nitrogen and oxygen atoms in total. The molecule has 0 saturated carbocycles. The number of carbonyl (C=O) groups excluding carboxylic acids is 2. The van der Waals surface area contributed by atoms with E-state index in [9.17, 15) is 9.59 Å². The van der Waals surface area contributed by atoms with Crippen LogP contribution in [0.3, 0.4) is 0 Å². The molecule has 0 saturated heterocycles. The smallest absolute Gasteiger partial charge is 0.325 e. The molecule has 1 heterocycles. The molecule has 0 unspecified atom stereocenters. The number of aryl methyl sites for hydroxylation is 1. The largest absolute Gasteiger partial charge is 0.465 e. The average Bonchev–Trinajstić information content (AvgIpc) is 2.34. The van der Waals surface area contributed by atoms with Crippen LogP contribution in [0.1, 0.15) is 43.6 Å². The minimum atomic E-state index is -0.479. The third kappa shape index (κ3) is 4.33. The summed E-state index contributed by atoms with van der Waals surface area (Å²) < 4.78 is 4.93. The summed E-state index contributed by atoms with van der Waals surface area (Å²) in [6.45, 7) is 9.50. The van der Waals surface area contributed by atoms with Crippen LogP contribution in [0.15, 0.2) is 18.5 Å². The first kappa shape index (κ1) is 16.1. The second-order valence-electron chi connectivity index (χ2n) is 5.62. The van der Waals surface area contributed by atoms with Gasteiger partial charge in [0, 0.05) is 17.9 Å². The lowest BCUT2D eigenvalue weighted by molar-refractivity contribution is -0.144. The van der Waals surface area contributed by atoms with Gasteiger partial charge in [-0.1, -0.05) is 0 Å². The quantitative estimate of drug-likeness (QED) is 0.792. The van der Waals surface area contributed by atoms with E-state index in [2.05, 4.69) is 4.98 Å². The molecule has 5 heteroatoms. The molecule has 0 radical (unpaired) electrons. The van der Waals surface area contributed by atoms with Crippen molar-refractivity contribution >= 4 is 11.9 Å². The fourth-order valence-corrected chi connectivity index (χ4v) is 1.78. The van der Waals surface area contributed by atoms with Crippen LogP contribution < -0.4 is 0 Å². The summed E-state index contributed by atoms with van der Waals surface area (Å²) in [7, 11) is 0. The molecule has 0 fully saturated rings. The van der Waals surface area contributed by atoms with Gasteiger partial charge in [0.15, 0.2) is 0 Å². The third-order valence-electron chi connectivity index (χ3n) is 2.77. The fourth-order valence-electron chi connectivity index (χ4n) is 1.78. The second kappa shape index (κ2) is 6.50. The zero-order valence-corrected chi connectivity index (χ0v) is 12.8. The van der Waals surface area contributed by atoms with Gasteiger partial charge in [0.1, 0.15) is 6.54 Å². The number of hydrogen-bond acceptors (Lipinski definition) is 4. The van der Waals surface area contributed by atoms with Gasteiger partial charge in [-0.15, -0.1) is 0 Å². The Kier molecular flexibility index (Phi) is 5.25. The van der Waals surface area contributed by atoms with Crippen molar-refractivity contribution in [1.29, 1.82) is 0 Å². The number of amides is 1. The van der Waals surface area contributed by atoms with Crippen LogP contribution in [-0.2, 0) is 9.53 Å². The van der Waals surface area contributed by atoms with Gasteiger partial charge < -0.3 is 9.64 Å². The van der Waals surface area contributed by atoms with Crippen molar-refractivity contribution in [2.24, 2.45) is 0 Å². The predicted molar refractivity (Wildman–Crippen MR) is 76.4 cm³/mol. The lowest BCUT2D eigenvalue weighted by Gasteiger charge is -2.34. The summed E-state index contributed by atoms with van der Waals surface area (Å²) in [6, 6.07) is 1.76. The molecular weight excluding hydrogens is 256 g/mol. The number of rotatable bonds is 4. The highest BCUT2D eigenvalue weighted by Gasteiger charge is 2.29. The second-order valence-corrected chi connectivity index (χ2v) is 5.62. The Morgan fingerprint density at radius 2 is 1.95 bits per heavy atom. The first-order valence-corrected chi connectivity index (χ1v) is 6.65. The SMILES string of the molecule is CCOC(=O)CN(C(=O)c1cncc(C)c1)C(C)(C)C. The summed E-state index contributed by atoms with van der Waals surface area (Å²) in [4.78, 5) is 29.8. The highest BCUT2D eigenvalue weighted by atomic mass is 16.5. The zero-order chi connectivity index (χ0) is 15.3. The zero-order valence-electron chi connectivity index (χ0n) is 12.8. The molecule has 0 aliphatic rings. The Morgan fingerprint density at radius 3 is 2.45 bits per heavy atom. The summed E-state index contributed by atoms with van der Waals surface area (Å²) >= 11 is 0. The van der Waals surface area contributed by atoms with Gasteiger partial charge in [0.2, 0.25) is 0 Å². The van der Waals surface area contributed by atoms with Gasteiger partial charge in [-0.05, 0) is 46.2 Å². The number of nitrogens with zero attached hydrogens (tertiary/aromatic N) is 2. The Balaban J connectivity index is 2.99. The van der Waals surface area contributed by atoms with Gasteiger partial charge in [0.05, 0.1) is 12.2 Å². The lowest BCUT2D eigenvalue weighted by atomic mass is 10.0. The van der Waals surface area contributed by atoms with Gasteiger partial charge in [0.25, 0.3) is 5.91 Å².